The van der Waals surface area contributed by atoms with Gasteiger partial charge in [-0.1, -0.05) is 0 Å². The predicted octanol–water partition coefficient (Wildman–Crippen LogP) is 1.32. The third kappa shape index (κ3) is 5.33. The summed E-state index contributed by atoms with van der Waals surface area (Å²) in [5.41, 5.74) is 0.130. The number of hydrogen-bond donors (Lipinski definition) is 2. The van der Waals surface area contributed by atoms with Gasteiger partial charge in [0.25, 0.3) is 0 Å². The standard InChI is InChI=1S/C12H17N3O4/c1-8(4-3-5-11(16)17)14-10-7-13-6-9(15-10)12(18)19-2/h6-8H,3-5H2,1-2H3,(H,14,15)(H,16,17). The zero-order chi connectivity index (χ0) is 14.3. The molecule has 0 aromatic carbocycles. The molecule has 1 atom stereocenters. The van der Waals surface area contributed by atoms with E-state index in [1.165, 1.54) is 19.5 Å². The second-order valence-corrected chi connectivity index (χ2v) is 4.11. The van der Waals surface area contributed by atoms with Crippen molar-refractivity contribution in [2.24, 2.45) is 0 Å². The molecule has 0 saturated carbocycles. The molecule has 0 saturated heterocycles. The van der Waals surface area contributed by atoms with Gasteiger partial charge in [-0.2, -0.15) is 0 Å². The van der Waals surface area contributed by atoms with Crippen molar-refractivity contribution in [3.8, 4) is 0 Å². The summed E-state index contributed by atoms with van der Waals surface area (Å²) in [6, 6.07) is 0.0431. The van der Waals surface area contributed by atoms with E-state index in [1.54, 1.807) is 0 Å². The van der Waals surface area contributed by atoms with Crippen LogP contribution in [0.2, 0.25) is 0 Å². The summed E-state index contributed by atoms with van der Waals surface area (Å²) in [6.45, 7) is 1.91. The summed E-state index contributed by atoms with van der Waals surface area (Å²) in [7, 11) is 1.28. The van der Waals surface area contributed by atoms with Crippen molar-refractivity contribution in [3.05, 3.63) is 18.1 Å². The normalized spacial score (nSPS) is 11.7. The SMILES string of the molecule is COC(=O)c1cncc(NC(C)CCCC(=O)O)n1. The van der Waals surface area contributed by atoms with Crippen LogP contribution in [-0.4, -0.2) is 40.2 Å². The Morgan fingerprint density at radius 2 is 2.21 bits per heavy atom. The molecule has 0 aliphatic heterocycles. The molecular weight excluding hydrogens is 250 g/mol. The minimum absolute atomic E-state index is 0.0431. The van der Waals surface area contributed by atoms with E-state index in [-0.39, 0.29) is 18.2 Å². The molecule has 0 radical (unpaired) electrons. The minimum Gasteiger partial charge on any atom is -0.481 e. The van der Waals surface area contributed by atoms with Crippen LogP contribution in [0.3, 0.4) is 0 Å². The maximum Gasteiger partial charge on any atom is 0.358 e. The summed E-state index contributed by atoms with van der Waals surface area (Å²) < 4.78 is 4.55. The Balaban J connectivity index is 2.52. The molecule has 7 heteroatoms. The number of carbonyl (C=O) groups is 2. The lowest BCUT2D eigenvalue weighted by Crippen LogP contribution is -2.17. The van der Waals surface area contributed by atoms with Crippen LogP contribution < -0.4 is 5.32 Å². The van der Waals surface area contributed by atoms with Crippen LogP contribution in [0.5, 0.6) is 0 Å². The first kappa shape index (κ1) is 14.9. The van der Waals surface area contributed by atoms with Crippen LogP contribution in [-0.2, 0) is 9.53 Å². The summed E-state index contributed by atoms with van der Waals surface area (Å²) in [5.74, 6) is -0.889. The van der Waals surface area contributed by atoms with E-state index in [0.29, 0.717) is 18.7 Å². The number of ether oxygens (including phenoxy) is 1. The number of anilines is 1. The molecule has 0 spiro atoms. The largest absolute Gasteiger partial charge is 0.481 e. The number of methoxy groups -OCH3 is 1. The molecule has 2 N–H and O–H groups in total. The lowest BCUT2D eigenvalue weighted by molar-refractivity contribution is -0.137. The van der Waals surface area contributed by atoms with Crippen LogP contribution >= 0.6 is 0 Å². The van der Waals surface area contributed by atoms with Gasteiger partial charge in [-0.05, 0) is 19.8 Å². The monoisotopic (exact) mass is 267 g/mol. The number of carboxylic acid groups (broad SMARTS) is 1. The summed E-state index contributed by atoms with van der Waals surface area (Å²) >= 11 is 0. The van der Waals surface area contributed by atoms with Crippen LogP contribution in [0.4, 0.5) is 5.82 Å². The molecule has 7 nitrogen and oxygen atoms in total. The summed E-state index contributed by atoms with van der Waals surface area (Å²) in [5, 5.41) is 11.6. The van der Waals surface area contributed by atoms with Gasteiger partial charge in [-0.3, -0.25) is 9.78 Å². The number of carbonyl (C=O) groups excluding carboxylic acids is 1. The Kier molecular flexibility index (Phi) is 5.72. The van der Waals surface area contributed by atoms with Crippen molar-refractivity contribution in [1.29, 1.82) is 0 Å². The number of nitrogens with one attached hydrogen (secondary N) is 1. The third-order valence-electron chi connectivity index (χ3n) is 2.45. The van der Waals surface area contributed by atoms with Gasteiger partial charge in [-0.15, -0.1) is 0 Å². The van der Waals surface area contributed by atoms with Crippen LogP contribution in [0.15, 0.2) is 12.4 Å². The molecule has 1 rings (SSSR count). The van der Waals surface area contributed by atoms with E-state index in [1.807, 2.05) is 6.92 Å². The van der Waals surface area contributed by atoms with Gasteiger partial charge in [-0.25, -0.2) is 9.78 Å². The predicted molar refractivity (Wildman–Crippen MR) is 67.9 cm³/mol. The number of aliphatic carboxylic acids is 1. The van der Waals surface area contributed by atoms with Gasteiger partial charge in [0.15, 0.2) is 5.69 Å². The highest BCUT2D eigenvalue weighted by Gasteiger charge is 2.10. The number of esters is 1. The first-order chi connectivity index (χ1) is 9.02. The second kappa shape index (κ2) is 7.30. The van der Waals surface area contributed by atoms with E-state index in [9.17, 15) is 9.59 Å². The van der Waals surface area contributed by atoms with Crippen molar-refractivity contribution in [1.82, 2.24) is 9.97 Å². The van der Waals surface area contributed by atoms with Gasteiger partial charge in [0.2, 0.25) is 0 Å². The highest BCUT2D eigenvalue weighted by molar-refractivity contribution is 5.87. The molecule has 1 aromatic heterocycles. The Bertz CT molecular complexity index is 450. The fourth-order valence-electron chi connectivity index (χ4n) is 1.52. The molecule has 1 unspecified atom stereocenters. The fraction of sp³-hybridized carbons (Fsp3) is 0.500. The lowest BCUT2D eigenvalue weighted by atomic mass is 10.1. The molecule has 1 aromatic rings. The van der Waals surface area contributed by atoms with E-state index in [0.717, 1.165) is 0 Å². The highest BCUT2D eigenvalue weighted by Crippen LogP contribution is 2.09. The topological polar surface area (TPSA) is 101 Å². The third-order valence-corrected chi connectivity index (χ3v) is 2.45. The summed E-state index contributed by atoms with van der Waals surface area (Å²) in [6.07, 6.45) is 4.23. The number of rotatable bonds is 7. The second-order valence-electron chi connectivity index (χ2n) is 4.11. The number of nitrogens with zero attached hydrogens (tertiary/aromatic N) is 2. The molecule has 0 fully saturated rings. The van der Waals surface area contributed by atoms with Crippen molar-refractivity contribution in [2.45, 2.75) is 32.2 Å². The van der Waals surface area contributed by atoms with E-state index >= 15 is 0 Å². The molecule has 0 bridgehead atoms. The molecule has 0 aliphatic carbocycles. The van der Waals surface area contributed by atoms with Crippen molar-refractivity contribution in [2.75, 3.05) is 12.4 Å². The average molecular weight is 267 g/mol. The molecule has 0 aliphatic rings. The zero-order valence-corrected chi connectivity index (χ0v) is 10.9. The van der Waals surface area contributed by atoms with Gasteiger partial charge in [0.05, 0.1) is 19.5 Å². The van der Waals surface area contributed by atoms with Gasteiger partial charge in [0.1, 0.15) is 5.82 Å². The molecular formula is C12H17N3O4. The molecule has 19 heavy (non-hydrogen) atoms. The smallest absolute Gasteiger partial charge is 0.358 e. The summed E-state index contributed by atoms with van der Waals surface area (Å²) in [4.78, 5) is 29.6. The number of carboxylic acids is 1. The minimum atomic E-state index is -0.806. The lowest BCUT2D eigenvalue weighted by Gasteiger charge is -2.13. The Morgan fingerprint density at radius 1 is 1.47 bits per heavy atom. The zero-order valence-electron chi connectivity index (χ0n) is 10.9. The van der Waals surface area contributed by atoms with E-state index < -0.39 is 11.9 Å². The number of aromatic nitrogens is 2. The first-order valence-corrected chi connectivity index (χ1v) is 5.91. The molecule has 0 amide bonds. The van der Waals surface area contributed by atoms with Crippen LogP contribution in [0, 0.1) is 0 Å². The van der Waals surface area contributed by atoms with Crippen molar-refractivity contribution >= 4 is 17.8 Å². The average Bonchev–Trinajstić information content (AvgIpc) is 2.37. The van der Waals surface area contributed by atoms with Gasteiger partial charge >= 0.3 is 11.9 Å². The fourth-order valence-corrected chi connectivity index (χ4v) is 1.52. The number of hydrogen-bond acceptors (Lipinski definition) is 6. The molecule has 104 valence electrons. The van der Waals surface area contributed by atoms with Crippen molar-refractivity contribution in [3.63, 3.8) is 0 Å². The molecule has 1 heterocycles. The Morgan fingerprint density at radius 3 is 2.84 bits per heavy atom. The van der Waals surface area contributed by atoms with Crippen molar-refractivity contribution < 1.29 is 19.4 Å². The maximum atomic E-state index is 11.3. The maximum absolute atomic E-state index is 11.3. The van der Waals surface area contributed by atoms with Crippen LogP contribution in [0.25, 0.3) is 0 Å². The quantitative estimate of drug-likeness (QED) is 0.718. The van der Waals surface area contributed by atoms with Gasteiger partial charge in [0, 0.05) is 12.5 Å². The van der Waals surface area contributed by atoms with E-state index in [2.05, 4.69) is 20.0 Å². The van der Waals surface area contributed by atoms with E-state index in [4.69, 9.17) is 5.11 Å². The van der Waals surface area contributed by atoms with Crippen LogP contribution in [0.1, 0.15) is 36.7 Å². The Labute approximate surface area is 111 Å². The first-order valence-electron chi connectivity index (χ1n) is 5.91. The highest BCUT2D eigenvalue weighted by atomic mass is 16.5. The Hall–Kier alpha value is -2.18. The van der Waals surface area contributed by atoms with Gasteiger partial charge < -0.3 is 15.2 Å².